The Morgan fingerprint density at radius 1 is 1.38 bits per heavy atom. The molecule has 0 aliphatic carbocycles. The van der Waals surface area contributed by atoms with Gasteiger partial charge in [0.05, 0.1) is 0 Å². The summed E-state index contributed by atoms with van der Waals surface area (Å²) < 4.78 is 43.9. The molecule has 7 heteroatoms. The maximum atomic E-state index is 10.7. The zero-order valence-corrected chi connectivity index (χ0v) is 5.46. The van der Waals surface area contributed by atoms with Gasteiger partial charge in [-0.15, -0.1) is 0 Å². The van der Waals surface area contributed by atoms with Crippen LogP contribution >= 0.6 is 0 Å². The van der Waals surface area contributed by atoms with Crippen LogP contribution in [0, 0.1) is 0 Å². The first-order valence-electron chi connectivity index (χ1n) is 1.18. The molecule has 0 aromatic heterocycles. The van der Waals surface area contributed by atoms with E-state index in [0.29, 0.717) is 0 Å². The van der Waals surface area contributed by atoms with Crippen LogP contribution in [0.25, 0.3) is 0 Å². The van der Waals surface area contributed by atoms with Crippen molar-refractivity contribution in [3.63, 3.8) is 0 Å². The Hall–Kier alpha value is -0.137. The van der Waals surface area contributed by atoms with Crippen LogP contribution in [0.2, 0.25) is 0 Å². The Kier molecular flexibility index (Phi) is 5.14. The molecule has 0 fully saturated rings. The number of rotatable bonds is 1. The molecular formula is CHF4GeO2. The summed E-state index contributed by atoms with van der Waals surface area (Å²) in [6, 6.07) is 0. The van der Waals surface area contributed by atoms with Crippen LogP contribution < -0.4 is 0 Å². The van der Waals surface area contributed by atoms with Gasteiger partial charge in [0, 0.05) is 0 Å². The minimum absolute atomic E-state index is 0. The van der Waals surface area contributed by atoms with Crippen molar-refractivity contribution in [2.24, 2.45) is 0 Å². The summed E-state index contributed by atoms with van der Waals surface area (Å²) in [5, 5.41) is 0. The molecule has 0 bridgehead atoms. The van der Waals surface area contributed by atoms with Crippen LogP contribution in [0.3, 0.4) is 0 Å². The van der Waals surface area contributed by atoms with Crippen LogP contribution in [-0.2, 0) is 7.54 Å². The summed E-state index contributed by atoms with van der Waals surface area (Å²) in [4.78, 5) is 0. The molecule has 0 amide bonds. The van der Waals surface area contributed by atoms with Gasteiger partial charge in [-0.3, -0.25) is 4.70 Å². The SMILES string of the molecule is F.[O]=[Ge][O]C(F)(F)F. The normalized spacial score (nSPS) is 9.38. The van der Waals surface area contributed by atoms with Crippen LogP contribution in [0.15, 0.2) is 0 Å². The Balaban J connectivity index is 0. The van der Waals surface area contributed by atoms with E-state index in [1.807, 2.05) is 0 Å². The second kappa shape index (κ2) is 3.82. The van der Waals surface area contributed by atoms with E-state index in [1.54, 1.807) is 0 Å². The van der Waals surface area contributed by atoms with Gasteiger partial charge in [-0.05, 0) is 0 Å². The van der Waals surface area contributed by atoms with Gasteiger partial charge in [-0.2, -0.15) is 0 Å². The third kappa shape index (κ3) is 9.29. The average molecular weight is 194 g/mol. The number of hydrogen-bond acceptors (Lipinski definition) is 2. The molecule has 0 rings (SSSR count). The summed E-state index contributed by atoms with van der Waals surface area (Å²) in [5.74, 6) is 0. The van der Waals surface area contributed by atoms with Crippen molar-refractivity contribution >= 4 is 15.7 Å². The summed E-state index contributed by atoms with van der Waals surface area (Å²) in [6.07, 6.45) is -4.71. The molecule has 0 aromatic rings. The van der Waals surface area contributed by atoms with E-state index >= 15 is 0 Å². The third-order valence-electron chi connectivity index (χ3n) is 0.157. The van der Waals surface area contributed by atoms with E-state index in [2.05, 4.69) is 3.76 Å². The van der Waals surface area contributed by atoms with Crippen molar-refractivity contribution in [2.75, 3.05) is 0 Å². The molecule has 0 atom stereocenters. The van der Waals surface area contributed by atoms with E-state index in [0.717, 1.165) is 0 Å². The summed E-state index contributed by atoms with van der Waals surface area (Å²) in [6.45, 7) is 0. The van der Waals surface area contributed by atoms with Gasteiger partial charge in [0.2, 0.25) is 0 Å². The Labute approximate surface area is 48.4 Å². The molecule has 0 heterocycles. The topological polar surface area (TPSA) is 26.3 Å². The molecule has 8 heavy (non-hydrogen) atoms. The second-order valence-electron chi connectivity index (χ2n) is 0.631. The first kappa shape index (κ1) is 10.8. The molecular weight excluding hydrogens is 193 g/mol. The van der Waals surface area contributed by atoms with Crippen molar-refractivity contribution in [1.82, 2.24) is 0 Å². The first-order chi connectivity index (χ1) is 3.06. The minimum atomic E-state index is -4.71. The number of hydrogen-bond donors (Lipinski definition) is 0. The molecule has 0 aliphatic rings. The van der Waals surface area contributed by atoms with E-state index < -0.39 is 22.1 Å². The van der Waals surface area contributed by atoms with Crippen LogP contribution in [0.1, 0.15) is 0 Å². The Bertz CT molecular complexity index is 68.9. The molecule has 0 saturated carbocycles. The van der Waals surface area contributed by atoms with E-state index in [1.165, 1.54) is 0 Å². The fraction of sp³-hybridized carbons (Fsp3) is 1.00. The van der Waals surface area contributed by atoms with Gasteiger partial charge in [-0.1, -0.05) is 0 Å². The molecule has 0 aliphatic heterocycles. The molecule has 49 valence electrons. The summed E-state index contributed by atoms with van der Waals surface area (Å²) in [7, 11) is 0. The fourth-order valence-corrected chi connectivity index (χ4v) is 0.245. The standard InChI is InChI=1S/CF3GeO2.FH/c2-1(3,4)7-5-6;/h;1H. The third-order valence-corrected chi connectivity index (χ3v) is 0.818. The van der Waals surface area contributed by atoms with Crippen LogP contribution in [0.4, 0.5) is 17.9 Å². The van der Waals surface area contributed by atoms with E-state index in [9.17, 15) is 13.2 Å². The Morgan fingerprint density at radius 2 is 1.75 bits per heavy atom. The zero-order chi connectivity index (χ0) is 5.91. The van der Waals surface area contributed by atoms with Gasteiger partial charge in [0.1, 0.15) is 0 Å². The van der Waals surface area contributed by atoms with Crippen LogP contribution in [-0.4, -0.2) is 22.1 Å². The molecule has 1 radical (unpaired) electrons. The summed E-state index contributed by atoms with van der Waals surface area (Å²) >= 11 is -2.47. The summed E-state index contributed by atoms with van der Waals surface area (Å²) in [5.41, 5.74) is 0. The predicted molar refractivity (Wildman–Crippen MR) is 16.1 cm³/mol. The van der Waals surface area contributed by atoms with Crippen molar-refractivity contribution in [3.05, 3.63) is 0 Å². The van der Waals surface area contributed by atoms with Gasteiger partial charge in [0.25, 0.3) is 0 Å². The predicted octanol–water partition coefficient (Wildman–Crippen LogP) is 0.640. The maximum absolute atomic E-state index is 10.7. The van der Waals surface area contributed by atoms with Crippen LogP contribution in [0.5, 0.6) is 0 Å². The fourth-order valence-electron chi connectivity index (χ4n) is 0.0472. The molecule has 0 N–H and O–H groups in total. The van der Waals surface area contributed by atoms with Crippen molar-refractivity contribution in [1.29, 1.82) is 0 Å². The quantitative estimate of drug-likeness (QED) is 0.451. The number of alkyl halides is 3. The van der Waals surface area contributed by atoms with Crippen molar-refractivity contribution in [2.45, 2.75) is 6.36 Å². The van der Waals surface area contributed by atoms with E-state index in [-0.39, 0.29) is 4.70 Å². The molecule has 2 nitrogen and oxygen atoms in total. The van der Waals surface area contributed by atoms with E-state index in [4.69, 9.17) is 3.78 Å². The molecule has 0 saturated heterocycles. The number of halogens is 4. The monoisotopic (exact) mass is 195 g/mol. The van der Waals surface area contributed by atoms with Gasteiger partial charge in [0.15, 0.2) is 0 Å². The molecule has 0 aromatic carbocycles. The van der Waals surface area contributed by atoms with Crippen molar-refractivity contribution in [3.8, 4) is 0 Å². The molecule has 0 unspecified atom stereocenters. The second-order valence-corrected chi connectivity index (χ2v) is 1.41. The van der Waals surface area contributed by atoms with Crippen molar-refractivity contribution < 1.29 is 25.4 Å². The first-order valence-corrected chi connectivity index (χ1v) is 2.89. The van der Waals surface area contributed by atoms with Gasteiger partial charge >= 0.3 is 42.8 Å². The zero-order valence-electron chi connectivity index (χ0n) is 3.36. The Morgan fingerprint density at radius 3 is 1.75 bits per heavy atom. The average Bonchev–Trinajstić information content (AvgIpc) is 1.30. The molecule has 0 spiro atoms. The van der Waals surface area contributed by atoms with Gasteiger partial charge < -0.3 is 0 Å². The van der Waals surface area contributed by atoms with Gasteiger partial charge in [-0.25, -0.2) is 0 Å².